The second kappa shape index (κ2) is 7.38. The fourth-order valence-electron chi connectivity index (χ4n) is 2.28. The van der Waals surface area contributed by atoms with Gasteiger partial charge in [0.1, 0.15) is 0 Å². The van der Waals surface area contributed by atoms with Crippen molar-refractivity contribution < 1.29 is 9.59 Å². The summed E-state index contributed by atoms with van der Waals surface area (Å²) in [5.41, 5.74) is 0.814. The molecule has 7 heteroatoms. The van der Waals surface area contributed by atoms with Crippen LogP contribution in [0.3, 0.4) is 0 Å². The van der Waals surface area contributed by atoms with Gasteiger partial charge in [-0.25, -0.2) is 0 Å². The summed E-state index contributed by atoms with van der Waals surface area (Å²) in [5.74, 6) is -0.228. The molecule has 2 aromatic rings. The number of carbonyl (C=O) groups excluding carboxylic acids is 2. The van der Waals surface area contributed by atoms with E-state index in [0.717, 1.165) is 26.2 Å². The van der Waals surface area contributed by atoms with Crippen LogP contribution in [0.4, 0.5) is 5.69 Å². The molecule has 2 heterocycles. The number of thiophene rings is 1. The average Bonchev–Trinajstić information content (AvgIpc) is 2.93. The Balaban J connectivity index is 1.49. The zero-order chi connectivity index (χ0) is 16.2. The average molecular weight is 367 g/mol. The van der Waals surface area contributed by atoms with Crippen LogP contribution in [0.25, 0.3) is 0 Å². The third-order valence-electron chi connectivity index (χ3n) is 3.40. The fraction of sp³-hybridized carbons (Fsp3) is 0.250. The first kappa shape index (κ1) is 16.4. The molecule has 0 bridgehead atoms. The number of benzene rings is 1. The molecule has 1 aliphatic heterocycles. The van der Waals surface area contributed by atoms with Gasteiger partial charge in [0.05, 0.1) is 15.3 Å². The van der Waals surface area contributed by atoms with E-state index in [0.29, 0.717) is 6.54 Å². The van der Waals surface area contributed by atoms with Gasteiger partial charge in [0.2, 0.25) is 11.8 Å². The molecule has 1 aromatic heterocycles. The van der Waals surface area contributed by atoms with Gasteiger partial charge in [-0.1, -0.05) is 23.7 Å². The molecule has 2 N–H and O–H groups in total. The van der Waals surface area contributed by atoms with E-state index >= 15 is 0 Å². The first-order valence-electron chi connectivity index (χ1n) is 7.19. The lowest BCUT2D eigenvalue weighted by Gasteiger charge is -2.23. The third-order valence-corrected chi connectivity index (χ3v) is 5.97. The van der Waals surface area contributed by atoms with Crippen LogP contribution in [-0.4, -0.2) is 23.6 Å². The van der Waals surface area contributed by atoms with Crippen molar-refractivity contribution in [2.45, 2.75) is 23.0 Å². The first-order valence-corrected chi connectivity index (χ1v) is 9.27. The van der Waals surface area contributed by atoms with Gasteiger partial charge in [0, 0.05) is 22.7 Å². The molecule has 1 unspecified atom stereocenters. The van der Waals surface area contributed by atoms with Crippen molar-refractivity contribution in [3.8, 4) is 0 Å². The van der Waals surface area contributed by atoms with E-state index in [1.807, 2.05) is 36.4 Å². The Hall–Kier alpha value is -1.50. The number of rotatable bonds is 5. The number of para-hydroxylation sites is 1. The van der Waals surface area contributed by atoms with Crippen molar-refractivity contribution in [2.24, 2.45) is 0 Å². The number of anilines is 1. The van der Waals surface area contributed by atoms with Crippen LogP contribution in [0.1, 0.15) is 11.3 Å². The molecule has 23 heavy (non-hydrogen) atoms. The van der Waals surface area contributed by atoms with Crippen LogP contribution < -0.4 is 10.6 Å². The van der Waals surface area contributed by atoms with Crippen LogP contribution in [0.5, 0.6) is 0 Å². The smallest absolute Gasteiger partial charge is 0.238 e. The summed E-state index contributed by atoms with van der Waals surface area (Å²) < 4.78 is 0.750. The predicted molar refractivity (Wildman–Crippen MR) is 95.4 cm³/mol. The lowest BCUT2D eigenvalue weighted by Crippen LogP contribution is -2.35. The summed E-state index contributed by atoms with van der Waals surface area (Å²) in [6, 6.07) is 11.4. The van der Waals surface area contributed by atoms with Gasteiger partial charge in [0.25, 0.3) is 0 Å². The van der Waals surface area contributed by atoms with E-state index in [9.17, 15) is 9.59 Å². The van der Waals surface area contributed by atoms with Gasteiger partial charge in [-0.2, -0.15) is 0 Å². The number of nitrogens with one attached hydrogen (secondary N) is 2. The Morgan fingerprint density at radius 2 is 2.09 bits per heavy atom. The number of halogens is 1. The monoisotopic (exact) mass is 366 g/mol. The molecule has 4 nitrogen and oxygen atoms in total. The van der Waals surface area contributed by atoms with E-state index in [4.69, 9.17) is 11.6 Å². The summed E-state index contributed by atoms with van der Waals surface area (Å²) in [4.78, 5) is 26.2. The van der Waals surface area contributed by atoms with Crippen molar-refractivity contribution >= 4 is 52.2 Å². The standard InChI is InChI=1S/C16H15ClN2O2S2/c17-14-6-5-10(22-14)7-8-18-15(20)9-13-16(21)19-11-3-1-2-4-12(11)23-13/h1-6,13H,7-9H2,(H,18,20)(H,19,21). The van der Waals surface area contributed by atoms with Gasteiger partial charge in [-0.05, 0) is 30.7 Å². The molecule has 1 atom stereocenters. The highest BCUT2D eigenvalue weighted by Crippen LogP contribution is 2.36. The maximum Gasteiger partial charge on any atom is 0.238 e. The molecule has 1 aliphatic rings. The molecule has 1 aromatic carbocycles. The van der Waals surface area contributed by atoms with E-state index < -0.39 is 0 Å². The fourth-order valence-corrected chi connectivity index (χ4v) is 4.48. The first-order chi connectivity index (χ1) is 11.1. The summed E-state index contributed by atoms with van der Waals surface area (Å²) in [5, 5.41) is 5.32. The molecular weight excluding hydrogens is 352 g/mol. The number of hydrogen-bond acceptors (Lipinski definition) is 4. The maximum atomic E-state index is 12.1. The van der Waals surface area contributed by atoms with Crippen molar-refractivity contribution in [1.29, 1.82) is 0 Å². The van der Waals surface area contributed by atoms with Crippen molar-refractivity contribution in [1.82, 2.24) is 5.32 Å². The van der Waals surface area contributed by atoms with Gasteiger partial charge in [-0.3, -0.25) is 9.59 Å². The number of carbonyl (C=O) groups is 2. The summed E-state index contributed by atoms with van der Waals surface area (Å²) in [7, 11) is 0. The predicted octanol–water partition coefficient (Wildman–Crippen LogP) is 3.56. The van der Waals surface area contributed by atoms with Crippen LogP contribution in [-0.2, 0) is 16.0 Å². The number of hydrogen-bond donors (Lipinski definition) is 2. The second-order valence-corrected chi connectivity index (χ2v) is 8.15. The Morgan fingerprint density at radius 3 is 2.87 bits per heavy atom. The van der Waals surface area contributed by atoms with Crippen LogP contribution in [0, 0.1) is 0 Å². The molecule has 0 radical (unpaired) electrons. The number of fused-ring (bicyclic) bond motifs is 1. The van der Waals surface area contributed by atoms with Crippen molar-refractivity contribution in [2.75, 3.05) is 11.9 Å². The Bertz CT molecular complexity index is 732. The highest BCUT2D eigenvalue weighted by molar-refractivity contribution is 8.01. The lowest BCUT2D eigenvalue weighted by molar-refractivity contribution is -0.124. The summed E-state index contributed by atoms with van der Waals surface area (Å²) in [6.45, 7) is 0.547. The molecule has 3 rings (SSSR count). The largest absolute Gasteiger partial charge is 0.356 e. The van der Waals surface area contributed by atoms with E-state index in [-0.39, 0.29) is 23.5 Å². The van der Waals surface area contributed by atoms with Gasteiger partial charge in [-0.15, -0.1) is 23.1 Å². The summed E-state index contributed by atoms with van der Waals surface area (Å²) in [6.07, 6.45) is 0.923. The minimum absolute atomic E-state index is 0.111. The Labute approximate surface area is 147 Å². The summed E-state index contributed by atoms with van der Waals surface area (Å²) >= 11 is 8.82. The molecule has 0 saturated carbocycles. The van der Waals surface area contributed by atoms with Crippen LogP contribution in [0.2, 0.25) is 4.34 Å². The number of amides is 2. The topological polar surface area (TPSA) is 58.2 Å². The van der Waals surface area contributed by atoms with Crippen LogP contribution >= 0.6 is 34.7 Å². The molecule has 0 aliphatic carbocycles. The highest BCUT2D eigenvalue weighted by atomic mass is 35.5. The SMILES string of the molecule is O=C(CC1Sc2ccccc2NC1=O)NCCc1ccc(Cl)s1. The van der Waals surface area contributed by atoms with Crippen molar-refractivity contribution in [3.05, 3.63) is 45.6 Å². The molecule has 0 fully saturated rings. The Morgan fingerprint density at radius 1 is 1.26 bits per heavy atom. The normalized spacial score (nSPS) is 16.6. The van der Waals surface area contributed by atoms with Crippen molar-refractivity contribution in [3.63, 3.8) is 0 Å². The zero-order valence-corrected chi connectivity index (χ0v) is 14.6. The molecular formula is C16H15ClN2O2S2. The molecule has 0 spiro atoms. The molecule has 0 saturated heterocycles. The van der Waals surface area contributed by atoms with Gasteiger partial charge >= 0.3 is 0 Å². The maximum absolute atomic E-state index is 12.1. The van der Waals surface area contributed by atoms with E-state index in [1.165, 1.54) is 23.1 Å². The lowest BCUT2D eigenvalue weighted by atomic mass is 10.2. The van der Waals surface area contributed by atoms with E-state index in [2.05, 4.69) is 10.6 Å². The molecule has 120 valence electrons. The third kappa shape index (κ3) is 4.28. The highest BCUT2D eigenvalue weighted by Gasteiger charge is 2.28. The molecule has 2 amide bonds. The quantitative estimate of drug-likeness (QED) is 0.850. The zero-order valence-electron chi connectivity index (χ0n) is 12.2. The minimum atomic E-state index is -0.388. The van der Waals surface area contributed by atoms with Gasteiger partial charge in [0.15, 0.2) is 0 Å². The second-order valence-electron chi connectivity index (χ2n) is 5.10. The minimum Gasteiger partial charge on any atom is -0.356 e. The Kier molecular flexibility index (Phi) is 5.25. The van der Waals surface area contributed by atoms with Gasteiger partial charge < -0.3 is 10.6 Å². The number of thioether (sulfide) groups is 1. The van der Waals surface area contributed by atoms with E-state index in [1.54, 1.807) is 0 Å². The van der Waals surface area contributed by atoms with Crippen LogP contribution in [0.15, 0.2) is 41.3 Å².